The van der Waals surface area contributed by atoms with Crippen molar-refractivity contribution in [3.8, 4) is 0 Å². The Labute approximate surface area is 105 Å². The topological polar surface area (TPSA) is 28.2 Å². The minimum absolute atomic E-state index is 1.06. The summed E-state index contributed by atoms with van der Waals surface area (Å²) < 4.78 is 0. The fourth-order valence-electron chi connectivity index (χ4n) is 2.04. The summed E-state index contributed by atoms with van der Waals surface area (Å²) in [6.45, 7) is 10.5. The van der Waals surface area contributed by atoms with Gasteiger partial charge in [-0.25, -0.2) is 0 Å². The van der Waals surface area contributed by atoms with Crippen molar-refractivity contribution in [3.63, 3.8) is 0 Å². The van der Waals surface area contributed by atoms with Crippen LogP contribution in [0.3, 0.4) is 0 Å². The SMILES string of the molecule is CC.CNCCN1CCc2nc(C)ccc2C1. The normalized spacial score (nSPS) is 14.8. The second-order valence-electron chi connectivity index (χ2n) is 4.19. The molecule has 0 fully saturated rings. The van der Waals surface area contributed by atoms with Crippen LogP contribution in [0.25, 0.3) is 0 Å². The molecule has 0 aromatic carbocycles. The third-order valence-corrected chi connectivity index (χ3v) is 2.94. The van der Waals surface area contributed by atoms with E-state index in [1.165, 1.54) is 11.3 Å². The Morgan fingerprint density at radius 2 is 2.12 bits per heavy atom. The first kappa shape index (κ1) is 14.1. The molecule has 0 saturated carbocycles. The van der Waals surface area contributed by atoms with E-state index in [9.17, 15) is 0 Å². The van der Waals surface area contributed by atoms with Gasteiger partial charge in [0, 0.05) is 44.0 Å². The average molecular weight is 235 g/mol. The Morgan fingerprint density at radius 3 is 2.82 bits per heavy atom. The molecule has 1 aromatic heterocycles. The van der Waals surface area contributed by atoms with Gasteiger partial charge in [0.1, 0.15) is 0 Å². The van der Waals surface area contributed by atoms with E-state index in [4.69, 9.17) is 0 Å². The van der Waals surface area contributed by atoms with Gasteiger partial charge in [-0.15, -0.1) is 0 Å². The van der Waals surface area contributed by atoms with Crippen LogP contribution < -0.4 is 5.32 Å². The molecule has 3 heteroatoms. The van der Waals surface area contributed by atoms with Crippen molar-refractivity contribution >= 4 is 0 Å². The predicted octanol–water partition coefficient (Wildman–Crippen LogP) is 1.99. The summed E-state index contributed by atoms with van der Waals surface area (Å²) in [5, 5.41) is 3.19. The summed E-state index contributed by atoms with van der Waals surface area (Å²) in [6.07, 6.45) is 1.10. The van der Waals surface area contributed by atoms with E-state index in [1.807, 2.05) is 20.9 Å². The Kier molecular flexibility index (Phi) is 6.16. The number of aromatic nitrogens is 1. The van der Waals surface area contributed by atoms with Gasteiger partial charge in [-0.1, -0.05) is 19.9 Å². The van der Waals surface area contributed by atoms with Crippen LogP contribution in [0.2, 0.25) is 0 Å². The first-order valence-corrected chi connectivity index (χ1v) is 6.62. The van der Waals surface area contributed by atoms with E-state index in [0.717, 1.165) is 38.3 Å². The monoisotopic (exact) mass is 235 g/mol. The summed E-state index contributed by atoms with van der Waals surface area (Å²) in [4.78, 5) is 7.07. The molecule has 17 heavy (non-hydrogen) atoms. The molecule has 96 valence electrons. The second-order valence-corrected chi connectivity index (χ2v) is 4.19. The van der Waals surface area contributed by atoms with Crippen LogP contribution >= 0.6 is 0 Å². The molecule has 0 saturated heterocycles. The summed E-state index contributed by atoms with van der Waals surface area (Å²) in [7, 11) is 2.00. The van der Waals surface area contributed by atoms with Gasteiger partial charge in [0.2, 0.25) is 0 Å². The molecule has 0 unspecified atom stereocenters. The zero-order valence-electron chi connectivity index (χ0n) is 11.6. The molecule has 3 nitrogen and oxygen atoms in total. The maximum absolute atomic E-state index is 4.59. The van der Waals surface area contributed by atoms with Crippen molar-refractivity contribution in [1.82, 2.24) is 15.2 Å². The van der Waals surface area contributed by atoms with Crippen molar-refractivity contribution in [2.75, 3.05) is 26.7 Å². The number of nitrogens with zero attached hydrogens (tertiary/aromatic N) is 2. The lowest BCUT2D eigenvalue weighted by molar-refractivity contribution is 0.254. The highest BCUT2D eigenvalue weighted by atomic mass is 15.1. The quantitative estimate of drug-likeness (QED) is 0.868. The number of hydrogen-bond acceptors (Lipinski definition) is 3. The molecule has 1 aliphatic rings. The van der Waals surface area contributed by atoms with E-state index >= 15 is 0 Å². The zero-order valence-corrected chi connectivity index (χ0v) is 11.6. The van der Waals surface area contributed by atoms with Gasteiger partial charge in [0.05, 0.1) is 0 Å². The molecule has 0 bridgehead atoms. The van der Waals surface area contributed by atoms with Gasteiger partial charge in [0.25, 0.3) is 0 Å². The first-order valence-electron chi connectivity index (χ1n) is 6.62. The van der Waals surface area contributed by atoms with Crippen LogP contribution in [-0.4, -0.2) is 36.6 Å². The lowest BCUT2D eigenvalue weighted by Crippen LogP contribution is -2.35. The maximum atomic E-state index is 4.59. The fraction of sp³-hybridized carbons (Fsp3) is 0.643. The standard InChI is InChI=1S/C12H19N3.C2H6/c1-10-3-4-11-9-15(8-6-13-2)7-5-12(11)14-10;1-2/h3-4,13H,5-9H2,1-2H3;1-2H3. The molecular weight excluding hydrogens is 210 g/mol. The number of likely N-dealkylation sites (N-methyl/N-ethyl adjacent to an activating group) is 1. The van der Waals surface area contributed by atoms with E-state index in [2.05, 4.69) is 34.3 Å². The highest BCUT2D eigenvalue weighted by molar-refractivity contribution is 5.24. The zero-order chi connectivity index (χ0) is 12.7. The molecule has 0 aliphatic carbocycles. The average Bonchev–Trinajstić information content (AvgIpc) is 2.38. The van der Waals surface area contributed by atoms with Crippen LogP contribution in [0, 0.1) is 6.92 Å². The first-order chi connectivity index (χ1) is 8.29. The van der Waals surface area contributed by atoms with Crippen LogP contribution in [0.15, 0.2) is 12.1 Å². The van der Waals surface area contributed by atoms with Gasteiger partial charge < -0.3 is 5.32 Å². The van der Waals surface area contributed by atoms with E-state index in [-0.39, 0.29) is 0 Å². The van der Waals surface area contributed by atoms with Gasteiger partial charge in [0.15, 0.2) is 0 Å². The van der Waals surface area contributed by atoms with Crippen molar-refractivity contribution in [1.29, 1.82) is 0 Å². The summed E-state index contributed by atoms with van der Waals surface area (Å²) >= 11 is 0. The largest absolute Gasteiger partial charge is 0.318 e. The number of nitrogens with one attached hydrogen (secondary N) is 1. The minimum atomic E-state index is 1.06. The van der Waals surface area contributed by atoms with E-state index in [0.29, 0.717) is 0 Å². The molecule has 0 amide bonds. The second kappa shape index (κ2) is 7.41. The van der Waals surface area contributed by atoms with Gasteiger partial charge in [-0.2, -0.15) is 0 Å². The minimum Gasteiger partial charge on any atom is -0.318 e. The van der Waals surface area contributed by atoms with Gasteiger partial charge in [-0.3, -0.25) is 9.88 Å². The third-order valence-electron chi connectivity index (χ3n) is 2.94. The van der Waals surface area contributed by atoms with Crippen LogP contribution in [-0.2, 0) is 13.0 Å². The Morgan fingerprint density at radius 1 is 1.35 bits per heavy atom. The molecule has 1 N–H and O–H groups in total. The number of pyridine rings is 1. The van der Waals surface area contributed by atoms with Crippen molar-refractivity contribution in [2.24, 2.45) is 0 Å². The predicted molar refractivity (Wildman–Crippen MR) is 73.2 cm³/mol. The summed E-state index contributed by atoms with van der Waals surface area (Å²) in [5.74, 6) is 0. The molecular formula is C14H25N3. The number of aryl methyl sites for hydroxylation is 1. The maximum Gasteiger partial charge on any atom is 0.0464 e. The lowest BCUT2D eigenvalue weighted by Gasteiger charge is -2.28. The lowest BCUT2D eigenvalue weighted by atomic mass is 10.1. The molecule has 2 heterocycles. The Bertz CT molecular complexity index is 336. The van der Waals surface area contributed by atoms with Crippen molar-refractivity contribution in [3.05, 3.63) is 29.1 Å². The molecule has 0 spiro atoms. The highest BCUT2D eigenvalue weighted by Crippen LogP contribution is 2.16. The summed E-state index contributed by atoms with van der Waals surface area (Å²) in [6, 6.07) is 4.34. The highest BCUT2D eigenvalue weighted by Gasteiger charge is 2.16. The molecule has 0 radical (unpaired) electrons. The number of hydrogen-bond donors (Lipinski definition) is 1. The molecule has 1 aromatic rings. The van der Waals surface area contributed by atoms with E-state index in [1.54, 1.807) is 0 Å². The van der Waals surface area contributed by atoms with Crippen LogP contribution in [0.1, 0.15) is 30.8 Å². The van der Waals surface area contributed by atoms with Crippen molar-refractivity contribution in [2.45, 2.75) is 33.7 Å². The molecule has 0 atom stereocenters. The smallest absolute Gasteiger partial charge is 0.0464 e. The van der Waals surface area contributed by atoms with E-state index < -0.39 is 0 Å². The van der Waals surface area contributed by atoms with Gasteiger partial charge >= 0.3 is 0 Å². The Balaban J connectivity index is 0.000000686. The molecule has 1 aliphatic heterocycles. The number of rotatable bonds is 3. The fourth-order valence-corrected chi connectivity index (χ4v) is 2.04. The van der Waals surface area contributed by atoms with Gasteiger partial charge in [-0.05, 0) is 25.6 Å². The number of fused-ring (bicyclic) bond motifs is 1. The third kappa shape index (κ3) is 4.10. The van der Waals surface area contributed by atoms with Crippen LogP contribution in [0.5, 0.6) is 0 Å². The van der Waals surface area contributed by atoms with Crippen LogP contribution in [0.4, 0.5) is 0 Å². The molecule has 2 rings (SSSR count). The summed E-state index contributed by atoms with van der Waals surface area (Å²) in [5.41, 5.74) is 3.84. The Hall–Kier alpha value is -0.930. The van der Waals surface area contributed by atoms with Crippen molar-refractivity contribution < 1.29 is 0 Å².